The lowest BCUT2D eigenvalue weighted by Crippen LogP contribution is -2.21. The van der Waals surface area contributed by atoms with Crippen molar-refractivity contribution in [3.63, 3.8) is 0 Å². The Morgan fingerprint density at radius 1 is 1.16 bits per heavy atom. The highest BCUT2D eigenvalue weighted by molar-refractivity contribution is 7.89. The number of rotatable bonds is 8. The fourth-order valence-electron chi connectivity index (χ4n) is 1.98. The smallest absolute Gasteiger partial charge is 0.356 e. The van der Waals surface area contributed by atoms with Crippen LogP contribution in [0, 0.1) is 0 Å². The van der Waals surface area contributed by atoms with Gasteiger partial charge in [0.15, 0.2) is 0 Å². The van der Waals surface area contributed by atoms with Crippen LogP contribution in [0.1, 0.15) is 30.1 Å². The predicted octanol–water partition coefficient (Wildman–Crippen LogP) is 2.59. The second kappa shape index (κ2) is 8.61. The number of hydroxylamine groups is 1. The molecule has 0 heterocycles. The molecular formula is C17H20N2O5S. The van der Waals surface area contributed by atoms with Crippen molar-refractivity contribution < 1.29 is 22.8 Å². The molecule has 3 N–H and O–H groups in total. The average molecular weight is 364 g/mol. The van der Waals surface area contributed by atoms with E-state index in [0.717, 1.165) is 18.9 Å². The van der Waals surface area contributed by atoms with Crippen molar-refractivity contribution in [2.75, 3.05) is 6.54 Å². The minimum atomic E-state index is -4.09. The van der Waals surface area contributed by atoms with Gasteiger partial charge in [-0.05, 0) is 36.8 Å². The fourth-order valence-corrected chi connectivity index (χ4v) is 2.66. The standard InChI is InChI=1S/C17H20N2O5S/c1-2-3-11-19-24-17(20)13-9-10-15(16(12-13)25(18,21)22)23-14-7-5-4-6-8-14/h4-10,12,19H,2-3,11H2,1H3,(H2,18,21,22). The third-order valence-electron chi connectivity index (χ3n) is 3.25. The van der Waals surface area contributed by atoms with Crippen molar-refractivity contribution >= 4 is 16.0 Å². The molecule has 0 aromatic heterocycles. The van der Waals surface area contributed by atoms with Gasteiger partial charge < -0.3 is 9.57 Å². The van der Waals surface area contributed by atoms with Gasteiger partial charge in [-0.15, -0.1) is 0 Å². The number of para-hydroxylation sites is 1. The lowest BCUT2D eigenvalue weighted by Gasteiger charge is -2.11. The molecule has 25 heavy (non-hydrogen) atoms. The Balaban J connectivity index is 2.23. The van der Waals surface area contributed by atoms with Gasteiger partial charge >= 0.3 is 5.97 Å². The number of nitrogens with two attached hydrogens (primary N) is 1. The number of ether oxygens (including phenoxy) is 1. The maximum Gasteiger partial charge on any atom is 0.356 e. The molecule has 2 rings (SSSR count). The van der Waals surface area contributed by atoms with Gasteiger partial charge in [0.2, 0.25) is 10.0 Å². The molecule has 2 aromatic carbocycles. The molecule has 0 amide bonds. The number of primary sulfonamides is 1. The molecule has 2 aromatic rings. The third-order valence-corrected chi connectivity index (χ3v) is 4.19. The largest absolute Gasteiger partial charge is 0.456 e. The summed E-state index contributed by atoms with van der Waals surface area (Å²) in [5, 5.41) is 5.24. The summed E-state index contributed by atoms with van der Waals surface area (Å²) in [6.45, 7) is 2.52. The van der Waals surface area contributed by atoms with Crippen LogP contribution < -0.4 is 15.4 Å². The van der Waals surface area contributed by atoms with Crippen LogP contribution in [-0.4, -0.2) is 20.9 Å². The van der Waals surface area contributed by atoms with E-state index in [1.807, 2.05) is 6.92 Å². The SMILES string of the molecule is CCCCNOC(=O)c1ccc(Oc2ccccc2)c(S(N)(=O)=O)c1. The first-order chi connectivity index (χ1) is 11.9. The van der Waals surface area contributed by atoms with Crippen molar-refractivity contribution in [2.45, 2.75) is 24.7 Å². The highest BCUT2D eigenvalue weighted by Gasteiger charge is 2.20. The zero-order valence-electron chi connectivity index (χ0n) is 13.8. The summed E-state index contributed by atoms with van der Waals surface area (Å²) in [6.07, 6.45) is 1.80. The first kappa shape index (κ1) is 18.9. The third kappa shape index (κ3) is 5.56. The lowest BCUT2D eigenvalue weighted by molar-refractivity contribution is 0.0251. The number of unbranched alkanes of at least 4 members (excludes halogenated alkanes) is 1. The number of hydrogen-bond donors (Lipinski definition) is 2. The molecule has 0 unspecified atom stereocenters. The molecule has 0 aliphatic rings. The summed E-state index contributed by atoms with van der Waals surface area (Å²) in [7, 11) is -4.09. The van der Waals surface area contributed by atoms with E-state index in [4.69, 9.17) is 14.7 Å². The van der Waals surface area contributed by atoms with Crippen molar-refractivity contribution in [1.29, 1.82) is 0 Å². The molecule has 0 bridgehead atoms. The maximum absolute atomic E-state index is 12.0. The molecule has 0 aliphatic carbocycles. The molecule has 8 heteroatoms. The van der Waals surface area contributed by atoms with E-state index in [0.29, 0.717) is 12.3 Å². The fraction of sp³-hybridized carbons (Fsp3) is 0.235. The van der Waals surface area contributed by atoms with Crippen LogP contribution in [0.3, 0.4) is 0 Å². The summed E-state index contributed by atoms with van der Waals surface area (Å²) < 4.78 is 29.3. The molecule has 0 fully saturated rings. The first-order valence-electron chi connectivity index (χ1n) is 7.75. The van der Waals surface area contributed by atoms with Gasteiger partial charge in [0.05, 0.1) is 5.56 Å². The summed E-state index contributed by atoms with van der Waals surface area (Å²) in [5.74, 6) is -0.222. The molecule has 0 spiro atoms. The monoisotopic (exact) mass is 364 g/mol. The number of nitrogens with one attached hydrogen (secondary N) is 1. The molecule has 0 radical (unpaired) electrons. The van der Waals surface area contributed by atoms with E-state index in [2.05, 4.69) is 5.48 Å². The second-order valence-corrected chi connectivity index (χ2v) is 6.79. The summed E-state index contributed by atoms with van der Waals surface area (Å²) in [4.78, 5) is 16.6. The van der Waals surface area contributed by atoms with Crippen molar-refractivity contribution in [3.05, 3.63) is 54.1 Å². The Hall–Kier alpha value is -2.42. The Morgan fingerprint density at radius 3 is 2.52 bits per heavy atom. The lowest BCUT2D eigenvalue weighted by atomic mass is 10.2. The maximum atomic E-state index is 12.0. The predicted molar refractivity (Wildman–Crippen MR) is 92.7 cm³/mol. The minimum absolute atomic E-state index is 0.0317. The van der Waals surface area contributed by atoms with Gasteiger partial charge in [0, 0.05) is 6.54 Å². The number of hydrogen-bond acceptors (Lipinski definition) is 6. The van der Waals surface area contributed by atoms with Gasteiger partial charge in [-0.3, -0.25) is 0 Å². The van der Waals surface area contributed by atoms with E-state index in [9.17, 15) is 13.2 Å². The molecule has 7 nitrogen and oxygen atoms in total. The number of sulfonamides is 1. The Labute approximate surface area is 146 Å². The van der Waals surface area contributed by atoms with Gasteiger partial charge in [-0.1, -0.05) is 31.5 Å². The molecule has 0 atom stereocenters. The van der Waals surface area contributed by atoms with E-state index < -0.39 is 16.0 Å². The Bertz CT molecular complexity index is 822. The Morgan fingerprint density at radius 2 is 1.88 bits per heavy atom. The van der Waals surface area contributed by atoms with Crippen LogP contribution in [0.4, 0.5) is 0 Å². The molecule has 0 saturated carbocycles. The highest BCUT2D eigenvalue weighted by Crippen LogP contribution is 2.29. The molecule has 0 saturated heterocycles. The average Bonchev–Trinajstić information content (AvgIpc) is 2.59. The van der Waals surface area contributed by atoms with Crippen LogP contribution in [0.5, 0.6) is 11.5 Å². The van der Waals surface area contributed by atoms with Crippen molar-refractivity contribution in [1.82, 2.24) is 5.48 Å². The van der Waals surface area contributed by atoms with E-state index in [-0.39, 0.29) is 16.2 Å². The van der Waals surface area contributed by atoms with Gasteiger partial charge in [0.25, 0.3) is 0 Å². The van der Waals surface area contributed by atoms with Crippen molar-refractivity contribution in [3.8, 4) is 11.5 Å². The zero-order chi connectivity index (χ0) is 18.3. The van der Waals surface area contributed by atoms with E-state index in [1.165, 1.54) is 12.1 Å². The highest BCUT2D eigenvalue weighted by atomic mass is 32.2. The quantitative estimate of drug-likeness (QED) is 0.551. The number of carbonyl (C=O) groups excluding carboxylic acids is 1. The van der Waals surface area contributed by atoms with Crippen LogP contribution >= 0.6 is 0 Å². The number of carbonyl (C=O) groups is 1. The van der Waals surface area contributed by atoms with Crippen molar-refractivity contribution in [2.24, 2.45) is 5.14 Å². The van der Waals surface area contributed by atoms with E-state index in [1.54, 1.807) is 30.3 Å². The van der Waals surface area contributed by atoms with Crippen LogP contribution in [0.25, 0.3) is 0 Å². The Kier molecular flexibility index (Phi) is 6.51. The second-order valence-electron chi connectivity index (χ2n) is 5.26. The topological polar surface area (TPSA) is 108 Å². The summed E-state index contributed by atoms with van der Waals surface area (Å²) in [6, 6.07) is 12.6. The minimum Gasteiger partial charge on any atom is -0.456 e. The normalized spacial score (nSPS) is 11.1. The molecule has 0 aliphatic heterocycles. The van der Waals surface area contributed by atoms with Crippen LogP contribution in [0.15, 0.2) is 53.4 Å². The van der Waals surface area contributed by atoms with Gasteiger partial charge in [-0.25, -0.2) is 18.4 Å². The number of benzene rings is 2. The van der Waals surface area contributed by atoms with Gasteiger partial charge in [-0.2, -0.15) is 5.48 Å². The van der Waals surface area contributed by atoms with Crippen LogP contribution in [0.2, 0.25) is 0 Å². The van der Waals surface area contributed by atoms with Crippen LogP contribution in [-0.2, 0) is 14.9 Å². The summed E-state index contributed by atoms with van der Waals surface area (Å²) in [5.41, 5.74) is 2.59. The zero-order valence-corrected chi connectivity index (χ0v) is 14.6. The van der Waals surface area contributed by atoms with E-state index >= 15 is 0 Å². The van der Waals surface area contributed by atoms with Gasteiger partial charge in [0.1, 0.15) is 16.4 Å². The molecular weight excluding hydrogens is 344 g/mol. The first-order valence-corrected chi connectivity index (χ1v) is 9.30. The summed E-state index contributed by atoms with van der Waals surface area (Å²) >= 11 is 0. The molecule has 134 valence electrons.